The van der Waals surface area contributed by atoms with E-state index in [-0.39, 0.29) is 6.42 Å². The molecule has 0 saturated carbocycles. The van der Waals surface area contributed by atoms with Crippen LogP contribution in [0.4, 0.5) is 5.13 Å². The Bertz CT molecular complexity index is 718. The molecule has 1 N–H and O–H groups in total. The molecule has 1 saturated heterocycles. The summed E-state index contributed by atoms with van der Waals surface area (Å²) in [6.45, 7) is 6.17. The fourth-order valence-electron chi connectivity index (χ4n) is 3.11. The average molecular weight is 330 g/mol. The first-order valence-electron chi connectivity index (χ1n) is 8.08. The first-order chi connectivity index (χ1) is 11.0. The van der Waals surface area contributed by atoms with E-state index in [4.69, 9.17) is 4.98 Å². The molecule has 5 heteroatoms. The second kappa shape index (κ2) is 6.71. The van der Waals surface area contributed by atoms with Gasteiger partial charge in [0, 0.05) is 23.5 Å². The molecule has 1 aliphatic heterocycles. The molecule has 23 heavy (non-hydrogen) atoms. The van der Waals surface area contributed by atoms with Gasteiger partial charge >= 0.3 is 5.97 Å². The second-order valence-electron chi connectivity index (χ2n) is 6.20. The van der Waals surface area contributed by atoms with Crippen molar-refractivity contribution >= 4 is 22.4 Å². The Hall–Kier alpha value is -1.88. The fraction of sp³-hybridized carbons (Fsp3) is 0.444. The molecule has 0 spiro atoms. The SMILES string of the molecule is Cc1ccc(-c2nc(N3CCCCC3)sc2CC(=O)O)c(C)c1. The second-order valence-corrected chi connectivity index (χ2v) is 7.27. The van der Waals surface area contributed by atoms with Crippen LogP contribution in [0.15, 0.2) is 18.2 Å². The number of piperidine rings is 1. The summed E-state index contributed by atoms with van der Waals surface area (Å²) in [5.41, 5.74) is 4.24. The van der Waals surface area contributed by atoms with Crippen LogP contribution in [0.2, 0.25) is 0 Å². The van der Waals surface area contributed by atoms with Crippen molar-refractivity contribution in [2.75, 3.05) is 18.0 Å². The minimum Gasteiger partial charge on any atom is -0.481 e. The van der Waals surface area contributed by atoms with Gasteiger partial charge in [0.1, 0.15) is 0 Å². The summed E-state index contributed by atoms with van der Waals surface area (Å²) in [5.74, 6) is -0.801. The molecule has 2 heterocycles. The summed E-state index contributed by atoms with van der Waals surface area (Å²) in [7, 11) is 0. The number of nitrogens with zero attached hydrogens (tertiary/aromatic N) is 2. The molecule has 122 valence electrons. The molecule has 0 bridgehead atoms. The summed E-state index contributed by atoms with van der Waals surface area (Å²) < 4.78 is 0. The van der Waals surface area contributed by atoms with Gasteiger partial charge in [-0.15, -0.1) is 11.3 Å². The minimum atomic E-state index is -0.801. The Morgan fingerprint density at radius 1 is 1.26 bits per heavy atom. The minimum absolute atomic E-state index is 0.0359. The lowest BCUT2D eigenvalue weighted by molar-refractivity contribution is -0.136. The van der Waals surface area contributed by atoms with E-state index in [0.717, 1.165) is 39.9 Å². The highest BCUT2D eigenvalue weighted by molar-refractivity contribution is 7.16. The number of carbonyl (C=O) groups is 1. The molecule has 4 nitrogen and oxygen atoms in total. The van der Waals surface area contributed by atoms with Crippen LogP contribution in [0.5, 0.6) is 0 Å². The number of carboxylic acid groups (broad SMARTS) is 1. The van der Waals surface area contributed by atoms with Crippen LogP contribution in [0.25, 0.3) is 11.3 Å². The largest absolute Gasteiger partial charge is 0.481 e. The maximum atomic E-state index is 11.2. The third-order valence-electron chi connectivity index (χ3n) is 4.26. The number of carboxylic acids is 1. The third-order valence-corrected chi connectivity index (χ3v) is 5.38. The molecule has 3 rings (SSSR count). The topological polar surface area (TPSA) is 53.4 Å². The highest BCUT2D eigenvalue weighted by Gasteiger charge is 2.21. The zero-order chi connectivity index (χ0) is 16.4. The molecular formula is C18H22N2O2S. The number of aliphatic carboxylic acids is 1. The van der Waals surface area contributed by atoms with E-state index >= 15 is 0 Å². The number of hydrogen-bond acceptors (Lipinski definition) is 4. The summed E-state index contributed by atoms with van der Waals surface area (Å²) in [4.78, 5) is 19.2. The van der Waals surface area contributed by atoms with E-state index in [2.05, 4.69) is 36.9 Å². The van der Waals surface area contributed by atoms with Gasteiger partial charge in [0.2, 0.25) is 0 Å². The van der Waals surface area contributed by atoms with Crippen molar-refractivity contribution in [1.82, 2.24) is 4.98 Å². The molecule has 1 aliphatic rings. The number of anilines is 1. The van der Waals surface area contributed by atoms with Gasteiger partial charge in [-0.05, 0) is 38.7 Å². The number of thiazole rings is 1. The highest BCUT2D eigenvalue weighted by atomic mass is 32.1. The average Bonchev–Trinajstić information content (AvgIpc) is 2.91. The van der Waals surface area contributed by atoms with E-state index in [9.17, 15) is 9.90 Å². The number of benzene rings is 1. The molecule has 0 atom stereocenters. The van der Waals surface area contributed by atoms with Gasteiger partial charge < -0.3 is 10.0 Å². The molecule has 1 aromatic carbocycles. The molecule has 0 unspecified atom stereocenters. The maximum Gasteiger partial charge on any atom is 0.308 e. The summed E-state index contributed by atoms with van der Waals surface area (Å²) in [5, 5.41) is 10.2. The van der Waals surface area contributed by atoms with Gasteiger partial charge in [-0.3, -0.25) is 4.79 Å². The van der Waals surface area contributed by atoms with Crippen LogP contribution in [0.1, 0.15) is 35.3 Å². The van der Waals surface area contributed by atoms with Crippen LogP contribution in [-0.4, -0.2) is 29.1 Å². The monoisotopic (exact) mass is 330 g/mol. The Morgan fingerprint density at radius 3 is 2.65 bits per heavy atom. The molecular weight excluding hydrogens is 308 g/mol. The zero-order valence-electron chi connectivity index (χ0n) is 13.6. The zero-order valence-corrected chi connectivity index (χ0v) is 14.4. The Balaban J connectivity index is 2.02. The van der Waals surface area contributed by atoms with Crippen LogP contribution >= 0.6 is 11.3 Å². The lowest BCUT2D eigenvalue weighted by Crippen LogP contribution is -2.29. The number of aromatic nitrogens is 1. The van der Waals surface area contributed by atoms with E-state index in [0.29, 0.717) is 0 Å². The predicted octanol–water partition coefficient (Wildman–Crippen LogP) is 4.04. The Labute approximate surface area is 140 Å². The van der Waals surface area contributed by atoms with Gasteiger partial charge in [-0.1, -0.05) is 23.8 Å². The molecule has 1 fully saturated rings. The van der Waals surface area contributed by atoms with E-state index in [1.807, 2.05) is 0 Å². The third kappa shape index (κ3) is 3.55. The number of aryl methyl sites for hydroxylation is 2. The molecule has 0 radical (unpaired) electrons. The first-order valence-corrected chi connectivity index (χ1v) is 8.90. The van der Waals surface area contributed by atoms with Gasteiger partial charge in [-0.2, -0.15) is 0 Å². The van der Waals surface area contributed by atoms with Crippen molar-refractivity contribution in [2.45, 2.75) is 39.5 Å². The van der Waals surface area contributed by atoms with E-state index in [1.165, 1.54) is 36.2 Å². The lowest BCUT2D eigenvalue weighted by Gasteiger charge is -2.25. The normalized spacial score (nSPS) is 15.0. The Kier molecular flexibility index (Phi) is 4.66. The van der Waals surface area contributed by atoms with Crippen LogP contribution in [-0.2, 0) is 11.2 Å². The Morgan fingerprint density at radius 2 is 2.00 bits per heavy atom. The molecule has 0 aliphatic carbocycles. The standard InChI is InChI=1S/C18H22N2O2S/c1-12-6-7-14(13(2)10-12)17-15(11-16(21)22)23-18(19-17)20-8-4-3-5-9-20/h6-7,10H,3-5,8-9,11H2,1-2H3,(H,21,22). The highest BCUT2D eigenvalue weighted by Crippen LogP contribution is 2.36. The molecule has 2 aromatic rings. The number of hydrogen-bond donors (Lipinski definition) is 1. The van der Waals surface area contributed by atoms with Crippen molar-refractivity contribution in [3.05, 3.63) is 34.2 Å². The van der Waals surface area contributed by atoms with Gasteiger partial charge in [0.15, 0.2) is 5.13 Å². The van der Waals surface area contributed by atoms with E-state index < -0.39 is 5.97 Å². The number of rotatable bonds is 4. The maximum absolute atomic E-state index is 11.2. The van der Waals surface area contributed by atoms with E-state index in [1.54, 1.807) is 0 Å². The van der Waals surface area contributed by atoms with Gasteiger partial charge in [0.25, 0.3) is 0 Å². The summed E-state index contributed by atoms with van der Waals surface area (Å²) >= 11 is 1.54. The first kappa shape index (κ1) is 16.0. The van der Waals surface area contributed by atoms with Crippen molar-refractivity contribution in [3.8, 4) is 11.3 Å². The smallest absolute Gasteiger partial charge is 0.308 e. The van der Waals surface area contributed by atoms with Crippen molar-refractivity contribution in [1.29, 1.82) is 0 Å². The van der Waals surface area contributed by atoms with Crippen LogP contribution < -0.4 is 4.90 Å². The predicted molar refractivity (Wildman–Crippen MR) is 94.4 cm³/mol. The van der Waals surface area contributed by atoms with Crippen molar-refractivity contribution in [3.63, 3.8) is 0 Å². The molecule has 0 amide bonds. The van der Waals surface area contributed by atoms with Crippen LogP contribution in [0, 0.1) is 13.8 Å². The lowest BCUT2D eigenvalue weighted by atomic mass is 10.0. The summed E-state index contributed by atoms with van der Waals surface area (Å²) in [6, 6.07) is 6.25. The van der Waals surface area contributed by atoms with Crippen LogP contribution in [0.3, 0.4) is 0 Å². The van der Waals surface area contributed by atoms with Gasteiger partial charge in [-0.25, -0.2) is 4.98 Å². The van der Waals surface area contributed by atoms with Gasteiger partial charge in [0.05, 0.1) is 12.1 Å². The molecule has 1 aromatic heterocycles. The summed E-state index contributed by atoms with van der Waals surface area (Å²) in [6.07, 6.45) is 3.68. The fourth-order valence-corrected chi connectivity index (χ4v) is 4.22. The van der Waals surface area contributed by atoms with Crippen molar-refractivity contribution < 1.29 is 9.90 Å². The van der Waals surface area contributed by atoms with Crippen molar-refractivity contribution in [2.24, 2.45) is 0 Å². The quantitative estimate of drug-likeness (QED) is 0.919.